The topological polar surface area (TPSA) is 80.8 Å². The van der Waals surface area contributed by atoms with Crippen molar-refractivity contribution in [2.24, 2.45) is 0 Å². The van der Waals surface area contributed by atoms with Crippen molar-refractivity contribution in [1.82, 2.24) is 4.31 Å². The Hall–Kier alpha value is -3.23. The molecule has 0 amide bonds. The number of hydrogen-bond acceptors (Lipinski definition) is 5. The highest BCUT2D eigenvalue weighted by Crippen LogP contribution is 2.38. The van der Waals surface area contributed by atoms with E-state index in [1.54, 1.807) is 66.7 Å². The van der Waals surface area contributed by atoms with Crippen molar-refractivity contribution in [2.75, 3.05) is 7.05 Å². The summed E-state index contributed by atoms with van der Waals surface area (Å²) in [4.78, 5) is 26.2. The van der Waals surface area contributed by atoms with Crippen LogP contribution < -0.4 is 0 Å². The number of Topliss-reactive ketones (excluding diaryl/α,β-unsaturated/α-hetero) is 1. The fourth-order valence-corrected chi connectivity index (χ4v) is 5.10. The molecule has 4 rings (SSSR count). The number of likely N-dealkylation sites (N-methyl/N-ethyl adjacent to an activating group) is 1. The van der Waals surface area contributed by atoms with Gasteiger partial charge in [0.05, 0.1) is 10.5 Å². The molecule has 0 aliphatic carbocycles. The van der Waals surface area contributed by atoms with Crippen LogP contribution in [0.1, 0.15) is 26.3 Å². The minimum absolute atomic E-state index is 0.0444. The van der Waals surface area contributed by atoms with E-state index >= 15 is 0 Å². The molecule has 8 heteroatoms. The Morgan fingerprint density at radius 1 is 0.871 bits per heavy atom. The summed E-state index contributed by atoms with van der Waals surface area (Å²) in [6.07, 6.45) is 0. The molecule has 0 bridgehead atoms. The molecule has 3 aromatic carbocycles. The van der Waals surface area contributed by atoms with Gasteiger partial charge >= 0.3 is 5.97 Å². The van der Waals surface area contributed by atoms with Crippen LogP contribution >= 0.6 is 15.9 Å². The first-order valence-corrected chi connectivity index (χ1v) is 11.4. The summed E-state index contributed by atoms with van der Waals surface area (Å²) in [7, 11) is -2.74. The quantitative estimate of drug-likeness (QED) is 0.391. The van der Waals surface area contributed by atoms with E-state index in [0.717, 1.165) is 4.31 Å². The molecule has 0 fully saturated rings. The monoisotopic (exact) mass is 497 g/mol. The van der Waals surface area contributed by atoms with Crippen LogP contribution in [0.25, 0.3) is 5.76 Å². The number of benzene rings is 3. The van der Waals surface area contributed by atoms with Crippen LogP contribution in [0.5, 0.6) is 0 Å². The molecule has 0 atom stereocenters. The number of allylic oxidation sites excluding steroid dienone is 1. The Morgan fingerprint density at radius 3 is 2.19 bits per heavy atom. The zero-order valence-electron chi connectivity index (χ0n) is 16.3. The second kappa shape index (κ2) is 8.13. The van der Waals surface area contributed by atoms with Crippen molar-refractivity contribution in [2.45, 2.75) is 4.90 Å². The smallest absolute Gasteiger partial charge is 0.344 e. The van der Waals surface area contributed by atoms with Crippen LogP contribution in [0.3, 0.4) is 0 Å². The van der Waals surface area contributed by atoms with Crippen molar-refractivity contribution in [1.29, 1.82) is 0 Å². The fraction of sp³-hybridized carbons (Fsp3) is 0.0435. The fourth-order valence-electron chi connectivity index (χ4n) is 3.27. The highest BCUT2D eigenvalue weighted by atomic mass is 79.9. The van der Waals surface area contributed by atoms with E-state index in [1.165, 1.54) is 19.2 Å². The van der Waals surface area contributed by atoms with E-state index in [0.29, 0.717) is 4.47 Å². The maximum absolute atomic E-state index is 13.3. The van der Waals surface area contributed by atoms with Gasteiger partial charge in [0.1, 0.15) is 5.70 Å². The number of rotatable bonds is 4. The first-order valence-electron chi connectivity index (χ1n) is 9.21. The average Bonchev–Trinajstić information content (AvgIpc) is 2.78. The lowest BCUT2D eigenvalue weighted by Gasteiger charge is -2.30. The van der Waals surface area contributed by atoms with Gasteiger partial charge < -0.3 is 4.74 Å². The summed E-state index contributed by atoms with van der Waals surface area (Å²) in [5.74, 6) is -1.40. The lowest BCUT2D eigenvalue weighted by Crippen LogP contribution is -2.36. The summed E-state index contributed by atoms with van der Waals surface area (Å²) in [5.41, 5.74) is 0.439. The molecule has 31 heavy (non-hydrogen) atoms. The second-order valence-corrected chi connectivity index (χ2v) is 9.50. The van der Waals surface area contributed by atoms with Crippen molar-refractivity contribution in [3.05, 3.63) is 106 Å². The third-order valence-electron chi connectivity index (χ3n) is 4.84. The standard InChI is InChI=1S/C23H16BrNO5S/c1-25-20(21(26)15-9-3-2-4-10-15)22(17-12-6-8-14-19(17)31(25,28)29)30-23(27)16-11-5-7-13-18(16)24/h2-14H,1H3. The van der Waals surface area contributed by atoms with E-state index in [1.807, 2.05) is 0 Å². The van der Waals surface area contributed by atoms with E-state index in [2.05, 4.69) is 15.9 Å². The molecule has 0 aromatic heterocycles. The first-order chi connectivity index (χ1) is 14.8. The molecule has 0 spiro atoms. The largest absolute Gasteiger partial charge is 0.420 e. The van der Waals surface area contributed by atoms with Crippen LogP contribution in [0.2, 0.25) is 0 Å². The number of ether oxygens (including phenoxy) is 1. The Kier molecular flexibility index (Phi) is 5.51. The molecular formula is C23H16BrNO5S. The summed E-state index contributed by atoms with van der Waals surface area (Å²) in [6.45, 7) is 0. The highest BCUT2D eigenvalue weighted by Gasteiger charge is 2.39. The van der Waals surface area contributed by atoms with Crippen LogP contribution in [-0.4, -0.2) is 31.5 Å². The normalized spacial score (nSPS) is 14.7. The molecule has 0 saturated heterocycles. The van der Waals surface area contributed by atoms with Crippen LogP contribution in [-0.2, 0) is 14.8 Å². The van der Waals surface area contributed by atoms with Crippen LogP contribution in [0, 0.1) is 0 Å². The van der Waals surface area contributed by atoms with Crippen LogP contribution in [0.4, 0.5) is 0 Å². The molecule has 1 aliphatic rings. The number of ketones is 1. The summed E-state index contributed by atoms with van der Waals surface area (Å²) < 4.78 is 33.3. The molecule has 0 saturated carbocycles. The number of hydrogen-bond donors (Lipinski definition) is 0. The number of nitrogens with zero attached hydrogens (tertiary/aromatic N) is 1. The van der Waals surface area contributed by atoms with Crippen molar-refractivity contribution < 1.29 is 22.7 Å². The Bertz CT molecular complexity index is 1330. The molecule has 6 nitrogen and oxygen atoms in total. The molecule has 0 radical (unpaired) electrons. The predicted molar refractivity (Wildman–Crippen MR) is 119 cm³/mol. The molecule has 0 N–H and O–H groups in total. The minimum Gasteiger partial charge on any atom is -0.420 e. The summed E-state index contributed by atoms with van der Waals surface area (Å²) in [5, 5.41) is 0. The lowest BCUT2D eigenvalue weighted by molar-refractivity contribution is 0.0685. The van der Waals surface area contributed by atoms with Gasteiger partial charge in [0, 0.05) is 22.6 Å². The van der Waals surface area contributed by atoms with E-state index in [9.17, 15) is 18.0 Å². The number of carbonyl (C=O) groups excluding carboxylic acids is 2. The zero-order chi connectivity index (χ0) is 22.2. The molecule has 0 unspecified atom stereocenters. The van der Waals surface area contributed by atoms with Crippen molar-refractivity contribution in [3.63, 3.8) is 0 Å². The number of fused-ring (bicyclic) bond motifs is 1. The van der Waals surface area contributed by atoms with Gasteiger partial charge in [0.15, 0.2) is 5.76 Å². The van der Waals surface area contributed by atoms with Gasteiger partial charge in [-0.15, -0.1) is 0 Å². The lowest BCUT2D eigenvalue weighted by atomic mass is 10.0. The molecular weight excluding hydrogens is 482 g/mol. The van der Waals surface area contributed by atoms with Crippen molar-refractivity contribution in [3.8, 4) is 0 Å². The van der Waals surface area contributed by atoms with E-state index in [-0.39, 0.29) is 33.0 Å². The number of halogens is 1. The maximum Gasteiger partial charge on any atom is 0.344 e. The Labute approximate surface area is 187 Å². The number of carbonyl (C=O) groups is 2. The highest BCUT2D eigenvalue weighted by molar-refractivity contribution is 9.10. The summed E-state index contributed by atoms with van der Waals surface area (Å²) in [6, 6.07) is 21.0. The third-order valence-corrected chi connectivity index (χ3v) is 7.35. The van der Waals surface area contributed by atoms with Gasteiger partial charge in [0.2, 0.25) is 5.78 Å². The van der Waals surface area contributed by atoms with Gasteiger partial charge in [0.25, 0.3) is 10.0 Å². The average molecular weight is 498 g/mol. The Balaban J connectivity index is 1.94. The molecule has 1 aliphatic heterocycles. The number of esters is 1. The zero-order valence-corrected chi connectivity index (χ0v) is 18.7. The minimum atomic E-state index is -4.01. The second-order valence-electron chi connectivity index (χ2n) is 6.71. The van der Waals surface area contributed by atoms with E-state index < -0.39 is 21.8 Å². The van der Waals surface area contributed by atoms with Gasteiger partial charge in [-0.1, -0.05) is 54.6 Å². The molecule has 3 aromatic rings. The van der Waals surface area contributed by atoms with Gasteiger partial charge in [-0.25, -0.2) is 13.2 Å². The Morgan fingerprint density at radius 2 is 1.48 bits per heavy atom. The van der Waals surface area contributed by atoms with E-state index in [4.69, 9.17) is 4.74 Å². The first kappa shape index (κ1) is 21.0. The SMILES string of the molecule is CN1C(C(=O)c2ccccc2)=C(OC(=O)c2ccccc2Br)c2ccccc2S1(=O)=O. The number of sulfonamides is 1. The molecule has 156 valence electrons. The van der Waals surface area contributed by atoms with Crippen LogP contribution in [0.15, 0.2) is 93.9 Å². The van der Waals surface area contributed by atoms with Crippen molar-refractivity contribution >= 4 is 43.5 Å². The van der Waals surface area contributed by atoms with Gasteiger partial charge in [-0.3, -0.25) is 9.10 Å². The summed E-state index contributed by atoms with van der Waals surface area (Å²) >= 11 is 3.31. The predicted octanol–water partition coefficient (Wildman–Crippen LogP) is 4.49. The third kappa shape index (κ3) is 3.68. The molecule has 1 heterocycles. The van der Waals surface area contributed by atoms with Gasteiger partial charge in [-0.2, -0.15) is 0 Å². The maximum atomic E-state index is 13.3. The van der Waals surface area contributed by atoms with Gasteiger partial charge in [-0.05, 0) is 40.2 Å².